The third-order valence-electron chi connectivity index (χ3n) is 1.98. The van der Waals surface area contributed by atoms with E-state index in [1.807, 2.05) is 0 Å². The van der Waals surface area contributed by atoms with Gasteiger partial charge in [-0.1, -0.05) is 5.16 Å². The molecule has 1 aromatic heterocycles. The lowest BCUT2D eigenvalue weighted by Crippen LogP contribution is -2.31. The smallest absolute Gasteiger partial charge is 0.360 e. The Hall–Kier alpha value is -1.96. The summed E-state index contributed by atoms with van der Waals surface area (Å²) in [7, 11) is 1.45. The van der Waals surface area contributed by atoms with Crippen molar-refractivity contribution in [1.82, 2.24) is 10.3 Å². The molecule has 0 aliphatic carbocycles. The van der Waals surface area contributed by atoms with Crippen molar-refractivity contribution >= 4 is 28.9 Å². The molecule has 1 atom stereocenters. The monoisotopic (exact) mass is 271 g/mol. The van der Waals surface area contributed by atoms with Crippen molar-refractivity contribution in [1.29, 1.82) is 0 Å². The Balaban J connectivity index is 2.86. The second-order valence-electron chi connectivity index (χ2n) is 3.36. The second-order valence-corrected chi connectivity index (χ2v) is 4.42. The van der Waals surface area contributed by atoms with E-state index in [-0.39, 0.29) is 11.4 Å². The predicted octanol–water partition coefficient (Wildman–Crippen LogP) is 0.391. The molecular formula is C10H13N3O4S. The molecular weight excluding hydrogens is 258 g/mol. The van der Waals surface area contributed by atoms with Gasteiger partial charge in [-0.25, -0.2) is 9.78 Å². The molecule has 0 fully saturated rings. The minimum atomic E-state index is -1.26. The maximum atomic E-state index is 11.2. The van der Waals surface area contributed by atoms with Crippen molar-refractivity contribution in [2.45, 2.75) is 20.0 Å². The van der Waals surface area contributed by atoms with Crippen LogP contribution in [0.1, 0.15) is 17.6 Å². The van der Waals surface area contributed by atoms with Gasteiger partial charge >= 0.3 is 5.97 Å². The summed E-state index contributed by atoms with van der Waals surface area (Å²) in [5.74, 6) is -1.65. The van der Waals surface area contributed by atoms with Gasteiger partial charge in [0, 0.05) is 12.4 Å². The van der Waals surface area contributed by atoms with E-state index in [1.165, 1.54) is 25.3 Å². The maximum absolute atomic E-state index is 11.2. The number of aromatic nitrogens is 1. The third-order valence-corrected chi connectivity index (χ3v) is 2.76. The number of aryl methyl sites for hydroxylation is 1. The van der Waals surface area contributed by atoms with Crippen LogP contribution in [0.5, 0.6) is 0 Å². The molecule has 0 aromatic carbocycles. The van der Waals surface area contributed by atoms with E-state index in [9.17, 15) is 9.59 Å². The summed E-state index contributed by atoms with van der Waals surface area (Å²) in [5.41, 5.74) is -0.107. The van der Waals surface area contributed by atoms with Crippen LogP contribution in [-0.4, -0.2) is 40.8 Å². The molecule has 0 aliphatic heterocycles. The Kier molecular flexibility index (Phi) is 4.78. The van der Waals surface area contributed by atoms with Gasteiger partial charge in [0.25, 0.3) is 5.91 Å². The maximum Gasteiger partial charge on any atom is 0.360 e. The molecule has 0 saturated heterocycles. The van der Waals surface area contributed by atoms with Crippen LogP contribution in [-0.2, 0) is 14.4 Å². The fraction of sp³-hybridized carbons (Fsp3) is 0.400. The van der Waals surface area contributed by atoms with Crippen LogP contribution >= 0.6 is 11.3 Å². The average molecular weight is 271 g/mol. The standard InChI is InChI=1S/C10H13N3O4S/c1-5(9(14)11-3)17-13-8(10(15)16)7-4-18-6(2)12-7/h4-5H,1-3H3,(H,11,14)(H,15,16)/b13-8-. The van der Waals surface area contributed by atoms with Crippen LogP contribution in [0.4, 0.5) is 0 Å². The molecule has 98 valence electrons. The van der Waals surface area contributed by atoms with Gasteiger partial charge < -0.3 is 15.3 Å². The summed E-state index contributed by atoms with van der Waals surface area (Å²) in [6.07, 6.45) is -0.871. The first-order chi connectivity index (χ1) is 8.45. The Morgan fingerprint density at radius 1 is 1.61 bits per heavy atom. The number of thiazole rings is 1. The van der Waals surface area contributed by atoms with Gasteiger partial charge in [0.05, 0.1) is 5.01 Å². The van der Waals surface area contributed by atoms with Gasteiger partial charge in [-0.3, -0.25) is 4.79 Å². The molecule has 7 nitrogen and oxygen atoms in total. The van der Waals surface area contributed by atoms with E-state index in [2.05, 4.69) is 15.5 Å². The zero-order valence-electron chi connectivity index (χ0n) is 10.1. The number of amides is 1. The highest BCUT2D eigenvalue weighted by atomic mass is 32.1. The Morgan fingerprint density at radius 3 is 2.72 bits per heavy atom. The molecule has 1 aromatic rings. The minimum Gasteiger partial charge on any atom is -0.476 e. The molecule has 1 amide bonds. The van der Waals surface area contributed by atoms with Crippen LogP contribution in [0, 0.1) is 6.92 Å². The number of hydrogen-bond donors (Lipinski definition) is 2. The first-order valence-corrected chi connectivity index (χ1v) is 5.95. The quantitative estimate of drug-likeness (QED) is 0.596. The van der Waals surface area contributed by atoms with Crippen molar-refractivity contribution < 1.29 is 19.5 Å². The van der Waals surface area contributed by atoms with E-state index >= 15 is 0 Å². The first-order valence-electron chi connectivity index (χ1n) is 5.07. The number of rotatable bonds is 5. The number of likely N-dealkylation sites (N-methyl/N-ethyl adjacent to an activating group) is 1. The molecule has 0 radical (unpaired) electrons. The summed E-state index contributed by atoms with van der Waals surface area (Å²) in [6, 6.07) is 0. The van der Waals surface area contributed by atoms with Gasteiger partial charge in [-0.2, -0.15) is 0 Å². The number of carbonyl (C=O) groups is 2. The van der Waals surface area contributed by atoms with Gasteiger partial charge in [-0.05, 0) is 13.8 Å². The van der Waals surface area contributed by atoms with E-state index in [1.54, 1.807) is 12.3 Å². The number of nitrogens with one attached hydrogen (secondary N) is 1. The van der Waals surface area contributed by atoms with Crippen molar-refractivity contribution in [2.75, 3.05) is 7.05 Å². The van der Waals surface area contributed by atoms with Gasteiger partial charge in [0.15, 0.2) is 0 Å². The normalized spacial score (nSPS) is 12.9. The summed E-state index contributed by atoms with van der Waals surface area (Å²) >= 11 is 1.31. The van der Waals surface area contributed by atoms with Crippen LogP contribution in [0.3, 0.4) is 0 Å². The molecule has 2 N–H and O–H groups in total. The van der Waals surface area contributed by atoms with Crippen LogP contribution in [0.15, 0.2) is 10.5 Å². The number of oxime groups is 1. The van der Waals surface area contributed by atoms with Gasteiger partial charge in [0.1, 0.15) is 5.69 Å². The number of hydrogen-bond acceptors (Lipinski definition) is 6. The Bertz CT molecular complexity index is 483. The molecule has 0 saturated carbocycles. The van der Waals surface area contributed by atoms with Crippen molar-refractivity contribution in [3.63, 3.8) is 0 Å². The number of nitrogens with zero attached hydrogens (tertiary/aromatic N) is 2. The largest absolute Gasteiger partial charge is 0.476 e. The molecule has 18 heavy (non-hydrogen) atoms. The summed E-state index contributed by atoms with van der Waals surface area (Å²) in [4.78, 5) is 31.0. The Labute approximate surface area is 107 Å². The van der Waals surface area contributed by atoms with Crippen LogP contribution < -0.4 is 5.32 Å². The Morgan fingerprint density at radius 2 is 2.28 bits per heavy atom. The lowest BCUT2D eigenvalue weighted by atomic mass is 10.3. The van der Waals surface area contributed by atoms with E-state index in [0.29, 0.717) is 0 Å². The predicted molar refractivity (Wildman–Crippen MR) is 65.6 cm³/mol. The number of carboxylic acids is 1. The zero-order chi connectivity index (χ0) is 13.7. The second kappa shape index (κ2) is 6.10. The van der Waals surface area contributed by atoms with Crippen LogP contribution in [0.25, 0.3) is 0 Å². The van der Waals surface area contributed by atoms with Crippen LogP contribution in [0.2, 0.25) is 0 Å². The van der Waals surface area contributed by atoms with E-state index in [0.717, 1.165) is 5.01 Å². The topological polar surface area (TPSA) is 101 Å². The van der Waals surface area contributed by atoms with Gasteiger partial charge in [-0.15, -0.1) is 11.3 Å². The number of aliphatic carboxylic acids is 1. The fourth-order valence-corrected chi connectivity index (χ4v) is 1.65. The zero-order valence-corrected chi connectivity index (χ0v) is 10.9. The molecule has 1 heterocycles. The third kappa shape index (κ3) is 3.52. The summed E-state index contributed by atoms with van der Waals surface area (Å²) < 4.78 is 0. The molecule has 0 spiro atoms. The lowest BCUT2D eigenvalue weighted by molar-refractivity contribution is -0.133. The first kappa shape index (κ1) is 14.1. The van der Waals surface area contributed by atoms with E-state index in [4.69, 9.17) is 9.94 Å². The molecule has 8 heteroatoms. The molecule has 0 aliphatic rings. The SMILES string of the molecule is CNC(=O)C(C)O/N=C(\C(=O)O)c1csc(C)n1. The molecule has 1 unspecified atom stereocenters. The van der Waals surface area contributed by atoms with Crippen molar-refractivity contribution in [3.05, 3.63) is 16.1 Å². The highest BCUT2D eigenvalue weighted by molar-refractivity contribution is 7.09. The van der Waals surface area contributed by atoms with Crippen molar-refractivity contribution in [3.8, 4) is 0 Å². The lowest BCUT2D eigenvalue weighted by Gasteiger charge is -2.07. The van der Waals surface area contributed by atoms with Gasteiger partial charge in [0.2, 0.25) is 11.8 Å². The number of carbonyl (C=O) groups excluding carboxylic acids is 1. The average Bonchev–Trinajstić information content (AvgIpc) is 2.74. The fourth-order valence-electron chi connectivity index (χ4n) is 1.05. The minimum absolute atomic E-state index is 0.217. The van der Waals surface area contributed by atoms with E-state index < -0.39 is 18.0 Å². The number of carboxylic acid groups (broad SMARTS) is 1. The summed E-state index contributed by atoms with van der Waals surface area (Å²) in [5, 5.41) is 17.1. The van der Waals surface area contributed by atoms with Crippen molar-refractivity contribution in [2.24, 2.45) is 5.16 Å². The molecule has 1 rings (SSSR count). The highest BCUT2D eigenvalue weighted by Gasteiger charge is 2.19. The summed E-state index contributed by atoms with van der Waals surface area (Å²) in [6.45, 7) is 3.22. The highest BCUT2D eigenvalue weighted by Crippen LogP contribution is 2.10. The molecule has 0 bridgehead atoms.